The smallest absolute Gasteiger partial charge is 0.273 e. The van der Waals surface area contributed by atoms with Crippen LogP contribution in [0.5, 0.6) is 11.5 Å². The van der Waals surface area contributed by atoms with E-state index in [1.807, 2.05) is 24.3 Å². The highest BCUT2D eigenvalue weighted by molar-refractivity contribution is 6.07. The molecule has 182 valence electrons. The number of carbonyl (C=O) groups is 2. The van der Waals surface area contributed by atoms with Crippen molar-refractivity contribution in [2.75, 3.05) is 32.6 Å². The summed E-state index contributed by atoms with van der Waals surface area (Å²) >= 11 is 0. The summed E-state index contributed by atoms with van der Waals surface area (Å²) in [6.07, 6.45) is 4.50. The molecule has 4 rings (SSSR count). The van der Waals surface area contributed by atoms with Crippen LogP contribution in [0.1, 0.15) is 39.3 Å². The minimum Gasteiger partial charge on any atom is -0.497 e. The highest BCUT2D eigenvalue weighted by Crippen LogP contribution is 2.24. The van der Waals surface area contributed by atoms with Gasteiger partial charge < -0.3 is 20.1 Å². The van der Waals surface area contributed by atoms with Crippen molar-refractivity contribution >= 4 is 17.6 Å². The topological polar surface area (TPSA) is 106 Å². The van der Waals surface area contributed by atoms with E-state index in [9.17, 15) is 9.59 Å². The van der Waals surface area contributed by atoms with Crippen LogP contribution in [-0.4, -0.2) is 60.0 Å². The van der Waals surface area contributed by atoms with Crippen LogP contribution in [0.4, 0.5) is 5.82 Å². The summed E-state index contributed by atoms with van der Waals surface area (Å²) in [5, 5.41) is 5.75. The number of benzene rings is 2. The number of likely N-dealkylation sites (tertiary alicyclic amines) is 1. The second kappa shape index (κ2) is 11.4. The number of carbonyl (C=O) groups excluding carboxylic acids is 2. The lowest BCUT2D eigenvalue weighted by Crippen LogP contribution is -2.44. The number of methoxy groups -OCH3 is 2. The standard InChI is InChI=1S/C26H29N5O4/c1-34-21-14-18(15-22(16-21)35-2)17-31-12-8-20(9-13-31)29-26(33)23-24(28-11-10-27-23)30-25(32)19-6-4-3-5-7-19/h3-7,10-11,14-16,20H,8-9,12-13,17H2,1-2H3,(H,29,33)(H,28,30,32). The Morgan fingerprint density at radius 1 is 0.943 bits per heavy atom. The maximum Gasteiger partial charge on any atom is 0.273 e. The minimum absolute atomic E-state index is 0.0123. The van der Waals surface area contributed by atoms with Crippen molar-refractivity contribution < 1.29 is 19.1 Å². The highest BCUT2D eigenvalue weighted by Gasteiger charge is 2.24. The van der Waals surface area contributed by atoms with E-state index in [0.717, 1.165) is 49.5 Å². The number of ether oxygens (including phenoxy) is 2. The number of anilines is 1. The van der Waals surface area contributed by atoms with Gasteiger partial charge in [0.2, 0.25) is 0 Å². The zero-order valence-corrected chi connectivity index (χ0v) is 19.9. The largest absolute Gasteiger partial charge is 0.497 e. The third-order valence-corrected chi connectivity index (χ3v) is 5.92. The Balaban J connectivity index is 1.33. The summed E-state index contributed by atoms with van der Waals surface area (Å²) in [4.78, 5) is 36.1. The molecule has 0 unspecified atom stereocenters. The van der Waals surface area contributed by atoms with Crippen molar-refractivity contribution in [1.82, 2.24) is 20.2 Å². The van der Waals surface area contributed by atoms with Crippen molar-refractivity contribution in [3.63, 3.8) is 0 Å². The summed E-state index contributed by atoms with van der Waals surface area (Å²) in [6, 6.07) is 14.7. The number of rotatable bonds is 8. The van der Waals surface area contributed by atoms with Crippen LogP contribution < -0.4 is 20.1 Å². The fourth-order valence-corrected chi connectivity index (χ4v) is 4.07. The van der Waals surface area contributed by atoms with Gasteiger partial charge in [-0.25, -0.2) is 9.97 Å². The molecule has 35 heavy (non-hydrogen) atoms. The lowest BCUT2D eigenvalue weighted by molar-refractivity contribution is 0.0904. The van der Waals surface area contributed by atoms with E-state index in [0.29, 0.717) is 5.56 Å². The molecule has 1 fully saturated rings. The summed E-state index contributed by atoms with van der Waals surface area (Å²) in [7, 11) is 3.28. The second-order valence-electron chi connectivity index (χ2n) is 8.32. The Labute approximate surface area is 204 Å². The average molecular weight is 476 g/mol. The van der Waals surface area contributed by atoms with E-state index in [1.165, 1.54) is 12.4 Å². The van der Waals surface area contributed by atoms with E-state index in [2.05, 4.69) is 25.5 Å². The Kier molecular flexibility index (Phi) is 7.89. The van der Waals surface area contributed by atoms with Gasteiger partial charge in [0.15, 0.2) is 11.5 Å². The fourth-order valence-electron chi connectivity index (χ4n) is 4.07. The molecule has 0 aliphatic carbocycles. The fraction of sp³-hybridized carbons (Fsp3) is 0.308. The molecule has 2 N–H and O–H groups in total. The Hall–Kier alpha value is -3.98. The highest BCUT2D eigenvalue weighted by atomic mass is 16.5. The first kappa shape index (κ1) is 24.2. The molecule has 2 amide bonds. The lowest BCUT2D eigenvalue weighted by atomic mass is 10.0. The molecule has 0 atom stereocenters. The lowest BCUT2D eigenvalue weighted by Gasteiger charge is -2.32. The molecule has 2 heterocycles. The number of nitrogens with zero attached hydrogens (tertiary/aromatic N) is 3. The predicted octanol–water partition coefficient (Wildman–Crippen LogP) is 3.14. The Morgan fingerprint density at radius 3 is 2.26 bits per heavy atom. The molecule has 2 aromatic carbocycles. The van der Waals surface area contributed by atoms with Crippen molar-refractivity contribution in [2.24, 2.45) is 0 Å². The average Bonchev–Trinajstić information content (AvgIpc) is 2.90. The van der Waals surface area contributed by atoms with Gasteiger partial charge in [-0.2, -0.15) is 0 Å². The van der Waals surface area contributed by atoms with Crippen LogP contribution in [0, 0.1) is 0 Å². The normalized spacial score (nSPS) is 14.2. The minimum atomic E-state index is -0.350. The third-order valence-electron chi connectivity index (χ3n) is 5.92. The van der Waals surface area contributed by atoms with Crippen LogP contribution in [0.2, 0.25) is 0 Å². The molecule has 9 nitrogen and oxygen atoms in total. The molecule has 9 heteroatoms. The van der Waals surface area contributed by atoms with E-state index in [1.54, 1.807) is 38.5 Å². The molecule has 1 aliphatic heterocycles. The molecule has 0 saturated carbocycles. The molecular weight excluding hydrogens is 446 g/mol. The first-order chi connectivity index (χ1) is 17.1. The first-order valence-electron chi connectivity index (χ1n) is 11.5. The van der Waals surface area contributed by atoms with Crippen molar-refractivity contribution in [3.8, 4) is 11.5 Å². The summed E-state index contributed by atoms with van der Waals surface area (Å²) in [5.74, 6) is 0.976. The van der Waals surface area contributed by atoms with Crippen LogP contribution in [0.15, 0.2) is 60.9 Å². The van der Waals surface area contributed by atoms with E-state index in [4.69, 9.17) is 9.47 Å². The maximum absolute atomic E-state index is 13.0. The van der Waals surface area contributed by atoms with Crippen LogP contribution in [-0.2, 0) is 6.54 Å². The number of piperidine rings is 1. The van der Waals surface area contributed by atoms with E-state index >= 15 is 0 Å². The molecule has 1 aromatic heterocycles. The second-order valence-corrected chi connectivity index (χ2v) is 8.32. The zero-order chi connectivity index (χ0) is 24.6. The van der Waals surface area contributed by atoms with Gasteiger partial charge in [-0.15, -0.1) is 0 Å². The van der Waals surface area contributed by atoms with Gasteiger partial charge in [0.25, 0.3) is 11.8 Å². The molecule has 0 spiro atoms. The SMILES string of the molecule is COc1cc(CN2CCC(NC(=O)c3nccnc3NC(=O)c3ccccc3)CC2)cc(OC)c1. The molecule has 1 aliphatic rings. The predicted molar refractivity (Wildman–Crippen MR) is 132 cm³/mol. The monoisotopic (exact) mass is 475 g/mol. The molecule has 3 aromatic rings. The zero-order valence-electron chi connectivity index (χ0n) is 19.9. The Morgan fingerprint density at radius 2 is 1.60 bits per heavy atom. The summed E-state index contributed by atoms with van der Waals surface area (Å²) < 4.78 is 10.7. The maximum atomic E-state index is 13.0. The van der Waals surface area contributed by atoms with Crippen molar-refractivity contribution in [1.29, 1.82) is 0 Å². The quantitative estimate of drug-likeness (QED) is 0.516. The number of hydrogen-bond donors (Lipinski definition) is 2. The number of amides is 2. The van der Waals surface area contributed by atoms with Crippen molar-refractivity contribution in [3.05, 3.63) is 77.7 Å². The van der Waals surface area contributed by atoms with Gasteiger partial charge in [-0.1, -0.05) is 18.2 Å². The number of hydrogen-bond acceptors (Lipinski definition) is 7. The van der Waals surface area contributed by atoms with Crippen LogP contribution >= 0.6 is 0 Å². The third kappa shape index (κ3) is 6.33. The van der Waals surface area contributed by atoms with Crippen LogP contribution in [0.25, 0.3) is 0 Å². The number of aromatic nitrogens is 2. The molecule has 0 bridgehead atoms. The van der Waals surface area contributed by atoms with Gasteiger partial charge in [-0.05, 0) is 42.7 Å². The summed E-state index contributed by atoms with van der Waals surface area (Å²) in [5.41, 5.74) is 1.69. The van der Waals surface area contributed by atoms with Crippen molar-refractivity contribution in [2.45, 2.75) is 25.4 Å². The van der Waals surface area contributed by atoms with Gasteiger partial charge in [0.05, 0.1) is 14.2 Å². The van der Waals surface area contributed by atoms with Crippen LogP contribution in [0.3, 0.4) is 0 Å². The molecule has 0 radical (unpaired) electrons. The van der Waals surface area contributed by atoms with Gasteiger partial charge >= 0.3 is 0 Å². The van der Waals surface area contributed by atoms with E-state index in [-0.39, 0.29) is 29.4 Å². The summed E-state index contributed by atoms with van der Waals surface area (Å²) in [6.45, 7) is 2.44. The molecular formula is C26H29N5O4. The van der Waals surface area contributed by atoms with Gasteiger partial charge in [-0.3, -0.25) is 14.5 Å². The molecule has 1 saturated heterocycles. The number of nitrogens with one attached hydrogen (secondary N) is 2. The van der Waals surface area contributed by atoms with E-state index < -0.39 is 0 Å². The van der Waals surface area contributed by atoms with Gasteiger partial charge in [0.1, 0.15) is 11.5 Å². The van der Waals surface area contributed by atoms with Gasteiger partial charge in [0, 0.05) is 49.7 Å². The first-order valence-corrected chi connectivity index (χ1v) is 11.5. The Bertz CT molecular complexity index is 1140.